The molecule has 7 nitrogen and oxygen atoms in total. The molecule has 33 heavy (non-hydrogen) atoms. The number of nitrogens with one attached hydrogen (secondary N) is 1. The van der Waals surface area contributed by atoms with Crippen molar-refractivity contribution in [2.24, 2.45) is 0 Å². The smallest absolute Gasteiger partial charge is 0.230 e. The minimum atomic E-state index is -0.312. The molecule has 1 saturated heterocycles. The van der Waals surface area contributed by atoms with Crippen LogP contribution in [0.5, 0.6) is 0 Å². The molecule has 0 bridgehead atoms. The number of aromatic nitrogens is 2. The molecule has 0 spiro atoms. The van der Waals surface area contributed by atoms with Crippen molar-refractivity contribution in [3.05, 3.63) is 46.9 Å². The minimum absolute atomic E-state index is 0.0742. The second kappa shape index (κ2) is 12.2. The number of rotatable bonds is 9. The van der Waals surface area contributed by atoms with E-state index in [1.54, 1.807) is 18.2 Å². The molecule has 2 amide bonds. The van der Waals surface area contributed by atoms with Gasteiger partial charge in [-0.15, -0.1) is 0 Å². The summed E-state index contributed by atoms with van der Waals surface area (Å²) in [6, 6.07) is 7.77. The first-order chi connectivity index (χ1) is 15.9. The lowest BCUT2D eigenvalue weighted by Crippen LogP contribution is -2.54. The molecule has 0 radical (unpaired) electrons. The van der Waals surface area contributed by atoms with Gasteiger partial charge in [0.1, 0.15) is 16.8 Å². The van der Waals surface area contributed by atoms with Crippen molar-refractivity contribution in [1.82, 2.24) is 20.2 Å². The molecule has 2 heterocycles. The number of anilines is 1. The Hall–Kier alpha value is -2.39. The van der Waals surface area contributed by atoms with Gasteiger partial charge in [0.25, 0.3) is 0 Å². The van der Waals surface area contributed by atoms with E-state index in [9.17, 15) is 14.0 Å². The summed E-state index contributed by atoms with van der Waals surface area (Å²) in [5.41, 5.74) is 0.817. The number of benzene rings is 1. The summed E-state index contributed by atoms with van der Waals surface area (Å²) in [5, 5.41) is 3.53. The predicted molar refractivity (Wildman–Crippen MR) is 129 cm³/mol. The van der Waals surface area contributed by atoms with E-state index >= 15 is 0 Å². The maximum Gasteiger partial charge on any atom is 0.230 e. The second-order valence-corrected chi connectivity index (χ2v) is 9.34. The topological polar surface area (TPSA) is 78.4 Å². The molecule has 1 aliphatic rings. The van der Waals surface area contributed by atoms with E-state index in [4.69, 9.17) is 11.6 Å². The van der Waals surface area contributed by atoms with Gasteiger partial charge < -0.3 is 15.1 Å². The van der Waals surface area contributed by atoms with Crippen molar-refractivity contribution in [3.63, 3.8) is 0 Å². The highest BCUT2D eigenvalue weighted by Crippen LogP contribution is 2.24. The quantitative estimate of drug-likeness (QED) is 0.324. The molecule has 1 atom stereocenters. The molecular formula is C23H29ClFN5O2S. The van der Waals surface area contributed by atoms with Gasteiger partial charge in [-0.1, -0.05) is 48.8 Å². The van der Waals surface area contributed by atoms with Crippen LogP contribution in [-0.2, 0) is 16.1 Å². The van der Waals surface area contributed by atoms with Crippen LogP contribution < -0.4 is 10.2 Å². The Morgan fingerprint density at radius 3 is 2.70 bits per heavy atom. The van der Waals surface area contributed by atoms with E-state index in [2.05, 4.69) is 27.1 Å². The van der Waals surface area contributed by atoms with Crippen molar-refractivity contribution in [3.8, 4) is 0 Å². The number of carbonyl (C=O) groups excluding carboxylic acids is 2. The zero-order valence-corrected chi connectivity index (χ0v) is 20.5. The van der Waals surface area contributed by atoms with Crippen LogP contribution in [0.4, 0.5) is 10.2 Å². The van der Waals surface area contributed by atoms with Crippen molar-refractivity contribution < 1.29 is 14.0 Å². The normalized spacial score (nSPS) is 16.1. The Labute approximate surface area is 203 Å². The van der Waals surface area contributed by atoms with Gasteiger partial charge in [0.05, 0.1) is 5.75 Å². The summed E-state index contributed by atoms with van der Waals surface area (Å²) in [4.78, 5) is 37.5. The van der Waals surface area contributed by atoms with Crippen molar-refractivity contribution >= 4 is 41.0 Å². The molecule has 1 aliphatic heterocycles. The van der Waals surface area contributed by atoms with Crippen molar-refractivity contribution in [2.75, 3.05) is 30.3 Å². The van der Waals surface area contributed by atoms with Gasteiger partial charge in [0.15, 0.2) is 5.16 Å². The predicted octanol–water partition coefficient (Wildman–Crippen LogP) is 3.90. The van der Waals surface area contributed by atoms with E-state index in [0.29, 0.717) is 48.7 Å². The Bertz CT molecular complexity index is 962. The van der Waals surface area contributed by atoms with Crippen LogP contribution in [0, 0.1) is 5.82 Å². The first-order valence-electron chi connectivity index (χ1n) is 11.1. The largest absolute Gasteiger partial charge is 0.353 e. The van der Waals surface area contributed by atoms with Crippen LogP contribution in [0.15, 0.2) is 35.5 Å². The summed E-state index contributed by atoms with van der Waals surface area (Å²) in [6.07, 6.45) is 2.50. The zero-order chi connectivity index (χ0) is 23.8. The number of halogens is 2. The number of thioether (sulfide) groups is 1. The lowest BCUT2D eigenvalue weighted by Gasteiger charge is -2.40. The highest BCUT2D eigenvalue weighted by atomic mass is 35.5. The minimum Gasteiger partial charge on any atom is -0.353 e. The molecule has 3 rings (SSSR count). The number of unbranched alkanes of at least 4 members (excludes halogenated alkanes) is 1. The zero-order valence-electron chi connectivity index (χ0n) is 18.9. The number of hydrogen-bond acceptors (Lipinski definition) is 6. The van der Waals surface area contributed by atoms with Gasteiger partial charge >= 0.3 is 0 Å². The third-order valence-electron chi connectivity index (χ3n) is 5.41. The highest BCUT2D eigenvalue weighted by Gasteiger charge is 2.28. The van der Waals surface area contributed by atoms with Gasteiger partial charge in [0.2, 0.25) is 11.8 Å². The summed E-state index contributed by atoms with van der Waals surface area (Å²) in [6.45, 7) is 6.41. The molecule has 178 valence electrons. The van der Waals surface area contributed by atoms with E-state index in [1.807, 2.05) is 11.8 Å². The van der Waals surface area contributed by atoms with Crippen LogP contribution in [-0.4, -0.2) is 58.1 Å². The summed E-state index contributed by atoms with van der Waals surface area (Å²) < 4.78 is 13.0. The van der Waals surface area contributed by atoms with E-state index in [1.165, 1.54) is 23.9 Å². The molecule has 1 unspecified atom stereocenters. The summed E-state index contributed by atoms with van der Waals surface area (Å²) in [7, 11) is 0. The maximum absolute atomic E-state index is 13.0. The number of amides is 2. The van der Waals surface area contributed by atoms with Gasteiger partial charge in [-0.3, -0.25) is 9.59 Å². The third-order valence-corrected chi connectivity index (χ3v) is 6.45. The maximum atomic E-state index is 13.0. The van der Waals surface area contributed by atoms with Gasteiger partial charge in [-0.05, 0) is 31.0 Å². The molecule has 10 heteroatoms. The fourth-order valence-electron chi connectivity index (χ4n) is 3.60. The number of carbonyl (C=O) groups is 2. The number of nitrogens with zero attached hydrogens (tertiary/aromatic N) is 4. The fourth-order valence-corrected chi connectivity index (χ4v) is 4.51. The van der Waals surface area contributed by atoms with Crippen LogP contribution in [0.2, 0.25) is 5.15 Å². The van der Waals surface area contributed by atoms with Crippen LogP contribution in [0.3, 0.4) is 0 Å². The monoisotopic (exact) mass is 493 g/mol. The van der Waals surface area contributed by atoms with Gasteiger partial charge in [-0.25, -0.2) is 14.4 Å². The Kier molecular flexibility index (Phi) is 9.31. The summed E-state index contributed by atoms with van der Waals surface area (Å²) in [5.74, 6) is 0.539. The molecule has 0 aliphatic carbocycles. The van der Waals surface area contributed by atoms with Gasteiger partial charge in [-0.2, -0.15) is 0 Å². The van der Waals surface area contributed by atoms with Crippen molar-refractivity contribution in [1.29, 1.82) is 0 Å². The molecule has 1 N–H and O–H groups in total. The first-order valence-corrected chi connectivity index (χ1v) is 12.4. The summed E-state index contributed by atoms with van der Waals surface area (Å²) >= 11 is 7.43. The molecule has 0 saturated carbocycles. The van der Waals surface area contributed by atoms with Crippen LogP contribution >= 0.6 is 23.4 Å². The van der Waals surface area contributed by atoms with Gasteiger partial charge in [0, 0.05) is 44.7 Å². The molecule has 1 aromatic carbocycles. The van der Waals surface area contributed by atoms with E-state index in [-0.39, 0.29) is 29.4 Å². The van der Waals surface area contributed by atoms with E-state index in [0.717, 1.165) is 18.4 Å². The Morgan fingerprint density at radius 2 is 2.00 bits per heavy atom. The SMILES string of the molecule is CCCCC(=O)N1CCN(c2cc(Cl)nc(SCC(=O)NCc3ccc(F)cc3)n2)CC1C. The van der Waals surface area contributed by atoms with Crippen LogP contribution in [0.25, 0.3) is 0 Å². The first kappa shape index (κ1) is 25.2. The lowest BCUT2D eigenvalue weighted by molar-refractivity contribution is -0.133. The highest BCUT2D eigenvalue weighted by molar-refractivity contribution is 7.99. The number of hydrogen-bond donors (Lipinski definition) is 1. The molecule has 2 aromatic rings. The second-order valence-electron chi connectivity index (χ2n) is 8.01. The number of piperazine rings is 1. The van der Waals surface area contributed by atoms with Crippen LogP contribution in [0.1, 0.15) is 38.7 Å². The van der Waals surface area contributed by atoms with E-state index < -0.39 is 0 Å². The Balaban J connectivity index is 1.53. The fraction of sp³-hybridized carbons (Fsp3) is 0.478. The molecule has 1 aromatic heterocycles. The van der Waals surface area contributed by atoms with Crippen molar-refractivity contribution in [2.45, 2.75) is 50.9 Å². The molecular weight excluding hydrogens is 465 g/mol. The average Bonchev–Trinajstić information content (AvgIpc) is 2.80. The molecule has 1 fully saturated rings. The third kappa shape index (κ3) is 7.57. The standard InChI is InChI=1S/C23H29ClFN5O2S/c1-3-4-5-22(32)30-11-10-29(14-16(30)2)20-12-19(24)27-23(28-20)33-15-21(31)26-13-17-6-8-18(25)9-7-17/h6-9,12,16H,3-5,10-11,13-15H2,1-2H3,(H,26,31). The lowest BCUT2D eigenvalue weighted by atomic mass is 10.1. The Morgan fingerprint density at radius 1 is 1.24 bits per heavy atom. The average molecular weight is 494 g/mol.